The Balaban J connectivity index is 0.000001000. The molecular weight excluding hydrogens is 155 g/mol. The summed E-state index contributed by atoms with van der Waals surface area (Å²) in [6.07, 6.45) is 0. The summed E-state index contributed by atoms with van der Waals surface area (Å²) in [5.74, 6) is 0. The first-order valence-corrected chi connectivity index (χ1v) is 6.61. The molecule has 0 aromatic heterocycles. The van der Waals surface area contributed by atoms with Gasteiger partial charge in [0.2, 0.25) is 0 Å². The molecule has 0 bridgehead atoms. The van der Waals surface area contributed by atoms with Crippen LogP contribution < -0.4 is 5.30 Å². The maximum atomic E-state index is 2.34. The second-order valence-corrected chi connectivity index (χ2v) is 7.89. The van der Waals surface area contributed by atoms with Gasteiger partial charge in [-0.2, -0.15) is 0 Å². The Kier molecular flexibility index (Phi) is 3.71. The molecule has 62 valence electrons. The third-order valence-electron chi connectivity index (χ3n) is 1.53. The van der Waals surface area contributed by atoms with Crippen molar-refractivity contribution >= 4 is 12.6 Å². The van der Waals surface area contributed by atoms with E-state index in [2.05, 4.69) is 50.3 Å². The summed E-state index contributed by atoms with van der Waals surface area (Å²) in [4.78, 5) is 0. The number of rotatable bonds is 1. The van der Waals surface area contributed by atoms with Crippen molar-refractivity contribution in [3.8, 4) is 0 Å². The minimum atomic E-state index is -0.768. The van der Waals surface area contributed by atoms with Crippen LogP contribution in [0, 0.1) is 0 Å². The molecule has 0 heterocycles. The van der Waals surface area contributed by atoms with Gasteiger partial charge in [0.25, 0.3) is 0 Å². The van der Waals surface area contributed by atoms with Crippen LogP contribution in [0.5, 0.6) is 0 Å². The highest BCUT2D eigenvalue weighted by Crippen LogP contribution is 2.44. The SMILES string of the molecule is C[P+](C)(C)c1ccccc1.O. The van der Waals surface area contributed by atoms with E-state index in [0.29, 0.717) is 0 Å². The highest BCUT2D eigenvalue weighted by molar-refractivity contribution is 7.80. The summed E-state index contributed by atoms with van der Waals surface area (Å²) in [6, 6.07) is 10.7. The van der Waals surface area contributed by atoms with Crippen molar-refractivity contribution in [1.82, 2.24) is 0 Å². The van der Waals surface area contributed by atoms with Gasteiger partial charge in [0.05, 0.1) is 25.3 Å². The molecule has 2 heteroatoms. The number of hydrogen-bond acceptors (Lipinski definition) is 0. The molecule has 1 nitrogen and oxygen atoms in total. The molecule has 2 N–H and O–H groups in total. The molecule has 11 heavy (non-hydrogen) atoms. The largest absolute Gasteiger partial charge is 0.412 e. The van der Waals surface area contributed by atoms with Crippen molar-refractivity contribution in [3.05, 3.63) is 30.3 Å². The van der Waals surface area contributed by atoms with Crippen molar-refractivity contribution in [2.24, 2.45) is 0 Å². The highest BCUT2D eigenvalue weighted by atomic mass is 31.2. The molecule has 0 amide bonds. The zero-order valence-corrected chi connectivity index (χ0v) is 8.23. The maximum Gasteiger partial charge on any atom is 0.0930 e. The normalized spacial score (nSPS) is 10.5. The van der Waals surface area contributed by atoms with Gasteiger partial charge in [-0.25, -0.2) is 0 Å². The van der Waals surface area contributed by atoms with Crippen LogP contribution in [0.1, 0.15) is 0 Å². The number of hydrogen-bond donors (Lipinski definition) is 0. The van der Waals surface area contributed by atoms with E-state index in [9.17, 15) is 0 Å². The van der Waals surface area contributed by atoms with Crippen molar-refractivity contribution in [3.63, 3.8) is 0 Å². The van der Waals surface area contributed by atoms with E-state index < -0.39 is 7.26 Å². The predicted octanol–water partition coefficient (Wildman–Crippen LogP) is 1.39. The molecule has 0 aliphatic heterocycles. The quantitative estimate of drug-likeness (QED) is 0.572. The fraction of sp³-hybridized carbons (Fsp3) is 0.333. The van der Waals surface area contributed by atoms with E-state index in [0.717, 1.165) is 0 Å². The molecule has 0 atom stereocenters. The summed E-state index contributed by atoms with van der Waals surface area (Å²) in [5, 5.41) is 1.51. The van der Waals surface area contributed by atoms with Crippen LogP contribution in [0.25, 0.3) is 0 Å². The smallest absolute Gasteiger partial charge is 0.0930 e. The molecule has 0 aliphatic carbocycles. The van der Waals surface area contributed by atoms with Gasteiger partial charge in [-0.3, -0.25) is 0 Å². The lowest BCUT2D eigenvalue weighted by Gasteiger charge is -2.10. The Bertz CT molecular complexity index is 201. The van der Waals surface area contributed by atoms with Gasteiger partial charge in [-0.1, -0.05) is 18.2 Å². The molecule has 1 aromatic carbocycles. The second kappa shape index (κ2) is 3.85. The lowest BCUT2D eigenvalue weighted by Crippen LogP contribution is -2.05. The molecule has 0 aliphatic rings. The molecule has 1 rings (SSSR count). The van der Waals surface area contributed by atoms with E-state index in [1.807, 2.05) is 0 Å². The van der Waals surface area contributed by atoms with Gasteiger partial charge >= 0.3 is 0 Å². The van der Waals surface area contributed by atoms with Crippen LogP contribution in [0.2, 0.25) is 0 Å². The first kappa shape index (κ1) is 10.6. The Morgan fingerprint density at radius 1 is 0.909 bits per heavy atom. The Morgan fingerprint density at radius 2 is 1.36 bits per heavy atom. The zero-order chi connectivity index (χ0) is 7.61. The van der Waals surface area contributed by atoms with E-state index in [1.54, 1.807) is 0 Å². The zero-order valence-electron chi connectivity index (χ0n) is 7.33. The van der Waals surface area contributed by atoms with E-state index in [1.165, 1.54) is 5.30 Å². The van der Waals surface area contributed by atoms with Crippen LogP contribution in [0.15, 0.2) is 30.3 Å². The van der Waals surface area contributed by atoms with Gasteiger partial charge in [0.1, 0.15) is 0 Å². The van der Waals surface area contributed by atoms with Gasteiger partial charge in [-0.05, 0) is 12.1 Å². The number of benzene rings is 1. The maximum absolute atomic E-state index is 2.34. The summed E-state index contributed by atoms with van der Waals surface area (Å²) in [7, 11) is -0.768. The molecule has 0 radical (unpaired) electrons. The van der Waals surface area contributed by atoms with Crippen LogP contribution in [-0.2, 0) is 0 Å². The Hall–Kier alpha value is -0.390. The third kappa shape index (κ3) is 3.00. The van der Waals surface area contributed by atoms with Crippen LogP contribution in [0.3, 0.4) is 0 Å². The van der Waals surface area contributed by atoms with Crippen molar-refractivity contribution in [2.45, 2.75) is 0 Å². The molecule has 0 spiro atoms. The summed E-state index contributed by atoms with van der Waals surface area (Å²) in [6.45, 7) is 7.01. The fourth-order valence-electron chi connectivity index (χ4n) is 0.875. The molecule has 0 saturated heterocycles. The minimum absolute atomic E-state index is 0. The van der Waals surface area contributed by atoms with Gasteiger partial charge in [0, 0.05) is 7.26 Å². The predicted molar refractivity (Wildman–Crippen MR) is 54.4 cm³/mol. The first-order valence-electron chi connectivity index (χ1n) is 3.48. The lowest BCUT2D eigenvalue weighted by atomic mass is 10.4. The van der Waals surface area contributed by atoms with Crippen molar-refractivity contribution in [1.29, 1.82) is 0 Å². The van der Waals surface area contributed by atoms with E-state index in [-0.39, 0.29) is 5.48 Å². The molecule has 0 saturated carbocycles. The monoisotopic (exact) mass is 171 g/mol. The lowest BCUT2D eigenvalue weighted by molar-refractivity contribution is 0.824. The average molecular weight is 171 g/mol. The average Bonchev–Trinajstić information content (AvgIpc) is 1.88. The van der Waals surface area contributed by atoms with E-state index in [4.69, 9.17) is 0 Å². The van der Waals surface area contributed by atoms with Crippen LogP contribution in [-0.4, -0.2) is 25.5 Å². The first-order chi connectivity index (χ1) is 4.61. The molecule has 0 unspecified atom stereocenters. The standard InChI is InChI=1S/C9H14P.H2O/c1-10(2,3)9-7-5-4-6-8-9;/h4-8H,1-3H3;1H2/q+1;. The van der Waals surface area contributed by atoms with Crippen molar-refractivity contribution in [2.75, 3.05) is 20.0 Å². The summed E-state index contributed by atoms with van der Waals surface area (Å²) < 4.78 is 0. The molecule has 1 aromatic rings. The summed E-state index contributed by atoms with van der Waals surface area (Å²) >= 11 is 0. The highest BCUT2D eigenvalue weighted by Gasteiger charge is 2.19. The third-order valence-corrected chi connectivity index (χ3v) is 3.38. The van der Waals surface area contributed by atoms with E-state index >= 15 is 0 Å². The van der Waals surface area contributed by atoms with Crippen molar-refractivity contribution < 1.29 is 5.48 Å². The Labute approximate surface area is 69.1 Å². The van der Waals surface area contributed by atoms with Gasteiger partial charge in [0.15, 0.2) is 0 Å². The van der Waals surface area contributed by atoms with Gasteiger partial charge in [-0.15, -0.1) is 0 Å². The topological polar surface area (TPSA) is 31.5 Å². The molecule has 0 fully saturated rings. The summed E-state index contributed by atoms with van der Waals surface area (Å²) in [5.41, 5.74) is 0. The second-order valence-electron chi connectivity index (χ2n) is 3.35. The van der Waals surface area contributed by atoms with Crippen LogP contribution >= 0.6 is 7.26 Å². The van der Waals surface area contributed by atoms with Gasteiger partial charge < -0.3 is 5.48 Å². The minimum Gasteiger partial charge on any atom is -0.412 e. The van der Waals surface area contributed by atoms with Crippen LogP contribution in [0.4, 0.5) is 0 Å². The Morgan fingerprint density at radius 3 is 1.64 bits per heavy atom. The molecular formula is C9H16OP+. The fourth-order valence-corrected chi connectivity index (χ4v) is 1.94.